The van der Waals surface area contributed by atoms with Crippen LogP contribution in [0.15, 0.2) is 12.2 Å². The summed E-state index contributed by atoms with van der Waals surface area (Å²) < 4.78 is 0. The van der Waals surface area contributed by atoms with Crippen LogP contribution >= 0.6 is 0 Å². The van der Waals surface area contributed by atoms with Crippen LogP contribution in [0, 0.1) is 0 Å². The molecule has 1 N–H and O–H groups in total. The van der Waals surface area contributed by atoms with Gasteiger partial charge in [-0.1, -0.05) is 19.4 Å². The highest BCUT2D eigenvalue weighted by atomic mass is 16.2. The van der Waals surface area contributed by atoms with Gasteiger partial charge in [0, 0.05) is 6.61 Å². The summed E-state index contributed by atoms with van der Waals surface area (Å²) in [7, 11) is 0. The number of rotatable bonds is 3. The van der Waals surface area contributed by atoms with Gasteiger partial charge in [0.2, 0.25) is 0 Å². The van der Waals surface area contributed by atoms with Gasteiger partial charge in [0.05, 0.1) is 0 Å². The summed E-state index contributed by atoms with van der Waals surface area (Å²) in [6, 6.07) is 0. The number of hydrogen-bond acceptors (Lipinski definition) is 2. The third-order valence-corrected chi connectivity index (χ3v) is 0.670. The third-order valence-electron chi connectivity index (χ3n) is 0.670. The first-order valence-corrected chi connectivity index (χ1v) is 3.54. The second-order valence-corrected chi connectivity index (χ2v) is 1.67. The monoisotopic (exact) mass is 144 g/mol. The van der Waals surface area contributed by atoms with Crippen molar-refractivity contribution < 1.29 is 9.90 Å². The Morgan fingerprint density at radius 2 is 1.90 bits per heavy atom. The Kier molecular flexibility index (Phi) is 19.1. The molecule has 0 rings (SSSR count). The molecule has 0 radical (unpaired) electrons. The van der Waals surface area contributed by atoms with Crippen molar-refractivity contribution in [3.05, 3.63) is 12.2 Å². The maximum Gasteiger partial charge on any atom is 0.142 e. The fourth-order valence-electron chi connectivity index (χ4n) is 0.318. The molecule has 0 unspecified atom stereocenters. The van der Waals surface area contributed by atoms with E-state index in [1.54, 1.807) is 6.92 Å². The number of aliphatic hydroxyl groups excluding tert-OH is 1. The lowest BCUT2D eigenvalue weighted by molar-refractivity contribution is -0.104. The van der Waals surface area contributed by atoms with Gasteiger partial charge >= 0.3 is 0 Å². The van der Waals surface area contributed by atoms with Gasteiger partial charge in [-0.05, 0) is 19.4 Å². The van der Waals surface area contributed by atoms with Gasteiger partial charge in [-0.25, -0.2) is 0 Å². The summed E-state index contributed by atoms with van der Waals surface area (Å²) >= 11 is 0. The van der Waals surface area contributed by atoms with Gasteiger partial charge in [0.15, 0.2) is 0 Å². The zero-order chi connectivity index (χ0) is 8.24. The highest BCUT2D eigenvalue weighted by molar-refractivity contribution is 5.64. The smallest absolute Gasteiger partial charge is 0.142 e. The first-order chi connectivity index (χ1) is 4.83. The maximum absolute atomic E-state index is 9.59. The molecule has 0 saturated carbocycles. The van der Waals surface area contributed by atoms with Crippen LogP contribution in [0.4, 0.5) is 0 Å². The van der Waals surface area contributed by atoms with Crippen LogP contribution in [0.25, 0.3) is 0 Å². The Bertz CT molecular complexity index is 77.3. The summed E-state index contributed by atoms with van der Waals surface area (Å²) in [5.74, 6) is 0. The van der Waals surface area contributed by atoms with Crippen molar-refractivity contribution in [3.63, 3.8) is 0 Å². The van der Waals surface area contributed by atoms with Gasteiger partial charge in [0.1, 0.15) is 6.29 Å². The standard InChI is InChI=1S/C6H10O.C2H6O/c1-2-3-4-5-6-7;1-2-3/h4-6H,2-3H2,1H3;3H,2H2,1H3. The van der Waals surface area contributed by atoms with Crippen LogP contribution < -0.4 is 0 Å². The van der Waals surface area contributed by atoms with E-state index in [9.17, 15) is 4.79 Å². The van der Waals surface area contributed by atoms with E-state index in [0.717, 1.165) is 19.1 Å². The molecule has 0 atom stereocenters. The van der Waals surface area contributed by atoms with E-state index in [2.05, 4.69) is 6.92 Å². The van der Waals surface area contributed by atoms with Crippen molar-refractivity contribution in [2.75, 3.05) is 6.61 Å². The van der Waals surface area contributed by atoms with Crippen molar-refractivity contribution in [2.45, 2.75) is 26.7 Å². The summed E-state index contributed by atoms with van der Waals surface area (Å²) in [6.45, 7) is 4.01. The van der Waals surface area contributed by atoms with Crippen molar-refractivity contribution in [2.24, 2.45) is 0 Å². The minimum Gasteiger partial charge on any atom is -0.397 e. The molecule has 0 aromatic rings. The molecule has 60 valence electrons. The molecule has 0 saturated heterocycles. The van der Waals surface area contributed by atoms with Crippen LogP contribution in [0.5, 0.6) is 0 Å². The van der Waals surface area contributed by atoms with Crippen LogP contribution in [-0.4, -0.2) is 18.0 Å². The maximum atomic E-state index is 9.59. The zero-order valence-electron chi connectivity index (χ0n) is 6.71. The van der Waals surface area contributed by atoms with Crippen molar-refractivity contribution in [1.82, 2.24) is 0 Å². The molecule has 0 spiro atoms. The lowest BCUT2D eigenvalue weighted by Crippen LogP contribution is -1.61. The van der Waals surface area contributed by atoms with Crippen LogP contribution in [0.2, 0.25) is 0 Å². The Morgan fingerprint density at radius 3 is 2.20 bits per heavy atom. The SMILES string of the molecule is CCCC=CC=O.CCO. The molecular weight excluding hydrogens is 128 g/mol. The van der Waals surface area contributed by atoms with E-state index in [-0.39, 0.29) is 6.61 Å². The van der Waals surface area contributed by atoms with E-state index in [0.29, 0.717) is 0 Å². The fourth-order valence-corrected chi connectivity index (χ4v) is 0.318. The summed E-state index contributed by atoms with van der Waals surface area (Å²) in [5, 5.41) is 7.57. The molecule has 0 bridgehead atoms. The number of hydrogen-bond donors (Lipinski definition) is 1. The predicted octanol–water partition coefficient (Wildman–Crippen LogP) is 1.54. The average molecular weight is 144 g/mol. The first-order valence-electron chi connectivity index (χ1n) is 3.54. The largest absolute Gasteiger partial charge is 0.397 e. The number of allylic oxidation sites excluding steroid dienone is 2. The lowest BCUT2D eigenvalue weighted by Gasteiger charge is -1.76. The second kappa shape index (κ2) is 15.8. The Morgan fingerprint density at radius 1 is 1.40 bits per heavy atom. The molecule has 2 nitrogen and oxygen atoms in total. The Hall–Kier alpha value is -0.630. The highest BCUT2D eigenvalue weighted by Gasteiger charge is 1.67. The molecule has 0 fully saturated rings. The average Bonchev–Trinajstić information content (AvgIpc) is 1.91. The number of unbranched alkanes of at least 4 members (excludes halogenated alkanes) is 1. The van der Waals surface area contributed by atoms with Gasteiger partial charge in [-0.2, -0.15) is 0 Å². The Labute approximate surface area is 62.6 Å². The van der Waals surface area contributed by atoms with Gasteiger partial charge in [-0.3, -0.25) is 4.79 Å². The highest BCUT2D eigenvalue weighted by Crippen LogP contribution is 1.85. The quantitative estimate of drug-likeness (QED) is 0.482. The summed E-state index contributed by atoms with van der Waals surface area (Å²) in [6.07, 6.45) is 6.33. The van der Waals surface area contributed by atoms with Gasteiger partial charge in [-0.15, -0.1) is 0 Å². The number of carbonyl (C=O) groups excluding carboxylic acids is 1. The second-order valence-electron chi connectivity index (χ2n) is 1.67. The van der Waals surface area contributed by atoms with Gasteiger partial charge in [0.25, 0.3) is 0 Å². The van der Waals surface area contributed by atoms with Crippen LogP contribution in [0.3, 0.4) is 0 Å². The van der Waals surface area contributed by atoms with Crippen LogP contribution in [-0.2, 0) is 4.79 Å². The molecule has 0 heterocycles. The fraction of sp³-hybridized carbons (Fsp3) is 0.625. The van der Waals surface area contributed by atoms with Gasteiger partial charge < -0.3 is 5.11 Å². The first kappa shape index (κ1) is 12.1. The zero-order valence-corrected chi connectivity index (χ0v) is 6.71. The minimum atomic E-state index is 0.250. The number of aliphatic hydroxyl groups is 1. The normalized spacial score (nSPS) is 8.70. The summed E-state index contributed by atoms with van der Waals surface area (Å²) in [4.78, 5) is 9.59. The molecular formula is C8H16O2. The Balaban J connectivity index is 0. The van der Waals surface area contributed by atoms with E-state index in [4.69, 9.17) is 5.11 Å². The van der Waals surface area contributed by atoms with E-state index < -0.39 is 0 Å². The molecule has 0 aliphatic carbocycles. The number of carbonyl (C=O) groups is 1. The van der Waals surface area contributed by atoms with E-state index in [1.165, 1.54) is 6.08 Å². The molecule has 2 heteroatoms. The minimum absolute atomic E-state index is 0.250. The molecule has 0 aliphatic rings. The molecule has 0 aromatic carbocycles. The third kappa shape index (κ3) is 26.3. The topological polar surface area (TPSA) is 37.3 Å². The summed E-state index contributed by atoms with van der Waals surface area (Å²) in [5.41, 5.74) is 0. The van der Waals surface area contributed by atoms with Crippen molar-refractivity contribution >= 4 is 6.29 Å². The predicted molar refractivity (Wildman–Crippen MR) is 42.9 cm³/mol. The molecule has 0 aliphatic heterocycles. The molecule has 0 aromatic heterocycles. The van der Waals surface area contributed by atoms with Crippen molar-refractivity contribution in [1.29, 1.82) is 0 Å². The molecule has 0 amide bonds. The lowest BCUT2D eigenvalue weighted by atomic mass is 10.3. The van der Waals surface area contributed by atoms with E-state index in [1.807, 2.05) is 6.08 Å². The molecule has 10 heavy (non-hydrogen) atoms. The van der Waals surface area contributed by atoms with E-state index >= 15 is 0 Å². The van der Waals surface area contributed by atoms with Crippen LogP contribution in [0.1, 0.15) is 26.7 Å². The van der Waals surface area contributed by atoms with Crippen molar-refractivity contribution in [3.8, 4) is 0 Å². The number of aldehydes is 1.